The second-order valence-corrected chi connectivity index (χ2v) is 9.67. The minimum Gasteiger partial charge on any atom is -0.477 e. The zero-order chi connectivity index (χ0) is 24.5. The smallest absolute Gasteiger partial charge is 0.213 e. The van der Waals surface area contributed by atoms with Crippen LogP contribution >= 0.6 is 11.6 Å². The number of piperazine rings is 1. The third-order valence-electron chi connectivity index (χ3n) is 6.68. The van der Waals surface area contributed by atoms with Crippen LogP contribution in [0.1, 0.15) is 19.8 Å². The number of anilines is 4. The van der Waals surface area contributed by atoms with Gasteiger partial charge in [-0.15, -0.1) is 0 Å². The van der Waals surface area contributed by atoms with Gasteiger partial charge >= 0.3 is 0 Å². The van der Waals surface area contributed by atoms with E-state index in [0.29, 0.717) is 47.1 Å². The zero-order valence-electron chi connectivity index (χ0n) is 19.8. The standard InChI is InChI=1S/C25H29ClFN7O/c1-15-12-34(8-7-33(15)2)21-11-19(27)18(10-20(21)32-25-23(28)24(26)30-14-31-25)17-5-6-29-22(9-17)35-13-16-3-4-16/h5-6,9-11,14-16H,3-4,7-8,12-13,28H2,1-2H3,(H,30,31,32). The first-order valence-electron chi connectivity index (χ1n) is 11.8. The van der Waals surface area contributed by atoms with Crippen LogP contribution < -0.4 is 20.7 Å². The van der Waals surface area contributed by atoms with E-state index in [1.807, 2.05) is 0 Å². The van der Waals surface area contributed by atoms with Crippen LogP contribution in [0.15, 0.2) is 36.8 Å². The lowest BCUT2D eigenvalue weighted by molar-refractivity contribution is 0.234. The fraction of sp³-hybridized carbons (Fsp3) is 0.400. The van der Waals surface area contributed by atoms with Crippen LogP contribution in [-0.4, -0.2) is 59.2 Å². The van der Waals surface area contributed by atoms with E-state index >= 15 is 4.39 Å². The average molecular weight is 498 g/mol. The van der Waals surface area contributed by atoms with Crippen molar-refractivity contribution in [2.75, 3.05) is 49.2 Å². The summed E-state index contributed by atoms with van der Waals surface area (Å²) in [6, 6.07) is 7.23. The Kier molecular flexibility index (Phi) is 6.62. The molecule has 35 heavy (non-hydrogen) atoms. The lowest BCUT2D eigenvalue weighted by Gasteiger charge is -2.39. The Balaban J connectivity index is 1.53. The molecule has 1 aromatic carbocycles. The van der Waals surface area contributed by atoms with Crippen molar-refractivity contribution in [1.82, 2.24) is 19.9 Å². The van der Waals surface area contributed by atoms with Gasteiger partial charge in [0.2, 0.25) is 5.88 Å². The highest BCUT2D eigenvalue weighted by Gasteiger charge is 2.25. The van der Waals surface area contributed by atoms with Crippen molar-refractivity contribution >= 4 is 34.5 Å². The van der Waals surface area contributed by atoms with Crippen molar-refractivity contribution < 1.29 is 9.13 Å². The summed E-state index contributed by atoms with van der Waals surface area (Å²) < 4.78 is 21.4. The van der Waals surface area contributed by atoms with Crippen LogP contribution in [0.3, 0.4) is 0 Å². The van der Waals surface area contributed by atoms with Crippen molar-refractivity contribution in [3.05, 3.63) is 47.8 Å². The van der Waals surface area contributed by atoms with Crippen LogP contribution in [0, 0.1) is 11.7 Å². The van der Waals surface area contributed by atoms with Crippen molar-refractivity contribution in [1.29, 1.82) is 0 Å². The number of nitrogen functional groups attached to an aromatic ring is 1. The summed E-state index contributed by atoms with van der Waals surface area (Å²) in [6.45, 7) is 5.20. The van der Waals surface area contributed by atoms with E-state index in [1.165, 1.54) is 19.2 Å². The van der Waals surface area contributed by atoms with E-state index in [4.69, 9.17) is 22.1 Å². The number of likely N-dealkylation sites (N-methyl/N-ethyl adjacent to an activating group) is 1. The Bertz CT molecular complexity index is 1220. The number of halogens is 2. The van der Waals surface area contributed by atoms with Gasteiger partial charge in [-0.05, 0) is 56.5 Å². The molecule has 1 atom stereocenters. The molecule has 1 saturated heterocycles. The minimum absolute atomic E-state index is 0.159. The lowest BCUT2D eigenvalue weighted by atomic mass is 10.0. The van der Waals surface area contributed by atoms with E-state index in [0.717, 1.165) is 25.3 Å². The molecule has 0 radical (unpaired) electrons. The quantitative estimate of drug-likeness (QED) is 0.458. The van der Waals surface area contributed by atoms with Crippen molar-refractivity contribution in [2.45, 2.75) is 25.8 Å². The fourth-order valence-corrected chi connectivity index (χ4v) is 4.29. The second-order valence-electron chi connectivity index (χ2n) is 9.31. The second kappa shape index (κ2) is 9.83. The number of hydrogen-bond donors (Lipinski definition) is 2. The number of hydrogen-bond acceptors (Lipinski definition) is 8. The molecule has 0 spiro atoms. The van der Waals surface area contributed by atoms with E-state index in [9.17, 15) is 0 Å². The van der Waals surface area contributed by atoms with Gasteiger partial charge in [-0.2, -0.15) is 0 Å². The van der Waals surface area contributed by atoms with Crippen LogP contribution in [0.4, 0.5) is 27.3 Å². The van der Waals surface area contributed by atoms with Crippen LogP contribution in [0.5, 0.6) is 5.88 Å². The number of rotatable bonds is 7. The maximum Gasteiger partial charge on any atom is 0.213 e. The van der Waals surface area contributed by atoms with Crippen LogP contribution in [0.25, 0.3) is 11.1 Å². The average Bonchev–Trinajstić information content (AvgIpc) is 3.68. The number of ether oxygens (including phenoxy) is 1. The van der Waals surface area contributed by atoms with E-state index < -0.39 is 0 Å². The third-order valence-corrected chi connectivity index (χ3v) is 6.98. The molecule has 8 nitrogen and oxygen atoms in total. The first-order valence-corrected chi connectivity index (χ1v) is 12.2. The monoisotopic (exact) mass is 497 g/mol. The maximum atomic E-state index is 15.6. The van der Waals surface area contributed by atoms with Gasteiger partial charge in [0.1, 0.15) is 17.8 Å². The topological polar surface area (TPSA) is 92.4 Å². The van der Waals surface area contributed by atoms with Crippen molar-refractivity contribution in [3.8, 4) is 17.0 Å². The molecule has 2 aromatic heterocycles. The van der Waals surface area contributed by atoms with Crippen LogP contribution in [0.2, 0.25) is 5.15 Å². The summed E-state index contributed by atoms with van der Waals surface area (Å²) in [5.74, 6) is 1.13. The van der Waals surface area contributed by atoms with Gasteiger partial charge in [-0.1, -0.05) is 11.6 Å². The minimum atomic E-state index is -0.329. The number of nitrogens with two attached hydrogens (primary N) is 1. The fourth-order valence-electron chi connectivity index (χ4n) is 4.16. The highest BCUT2D eigenvalue weighted by molar-refractivity contribution is 6.32. The Morgan fingerprint density at radius 1 is 1.20 bits per heavy atom. The molecule has 3 N–H and O–H groups in total. The highest BCUT2D eigenvalue weighted by atomic mass is 35.5. The van der Waals surface area contributed by atoms with Gasteiger partial charge in [0.05, 0.1) is 18.0 Å². The normalized spacial score (nSPS) is 18.5. The van der Waals surface area contributed by atoms with Gasteiger partial charge in [0.25, 0.3) is 0 Å². The first-order chi connectivity index (χ1) is 16.9. The summed E-state index contributed by atoms with van der Waals surface area (Å²) >= 11 is 6.12. The highest BCUT2D eigenvalue weighted by Crippen LogP contribution is 2.38. The molecule has 5 rings (SSSR count). The Morgan fingerprint density at radius 2 is 2.03 bits per heavy atom. The number of nitrogens with one attached hydrogen (secondary N) is 1. The molecule has 3 aromatic rings. The van der Waals surface area contributed by atoms with Gasteiger partial charge in [-0.3, -0.25) is 0 Å². The molecular formula is C25H29ClFN7O. The van der Waals surface area contributed by atoms with E-state index in [-0.39, 0.29) is 16.7 Å². The molecule has 184 valence electrons. The van der Waals surface area contributed by atoms with Gasteiger partial charge in [0.15, 0.2) is 11.0 Å². The Labute approximate surface area is 209 Å². The SMILES string of the molecule is CC1CN(c2cc(F)c(-c3ccnc(OCC4CC4)c3)cc2Nc2ncnc(Cl)c2N)CCN1C. The molecule has 1 aliphatic heterocycles. The molecule has 10 heteroatoms. The molecule has 0 bridgehead atoms. The number of pyridine rings is 1. The molecule has 1 unspecified atom stereocenters. The van der Waals surface area contributed by atoms with Gasteiger partial charge in [-0.25, -0.2) is 19.3 Å². The summed E-state index contributed by atoms with van der Waals surface area (Å²) in [5.41, 5.74) is 8.88. The summed E-state index contributed by atoms with van der Waals surface area (Å²) in [6.07, 6.45) is 5.36. The van der Waals surface area contributed by atoms with Crippen molar-refractivity contribution in [3.63, 3.8) is 0 Å². The number of aromatic nitrogens is 3. The molecule has 1 saturated carbocycles. The predicted molar refractivity (Wildman–Crippen MR) is 137 cm³/mol. The molecule has 1 aliphatic carbocycles. The first kappa shape index (κ1) is 23.6. The molecule has 2 fully saturated rings. The molecular weight excluding hydrogens is 469 g/mol. The zero-order valence-corrected chi connectivity index (χ0v) is 20.6. The van der Waals surface area contributed by atoms with E-state index in [1.54, 1.807) is 30.5 Å². The summed E-state index contributed by atoms with van der Waals surface area (Å²) in [7, 11) is 2.10. The van der Waals surface area contributed by atoms with E-state index in [2.05, 4.69) is 44.0 Å². The predicted octanol–water partition coefficient (Wildman–Crippen LogP) is 4.59. The van der Waals surface area contributed by atoms with Crippen molar-refractivity contribution in [2.24, 2.45) is 5.92 Å². The summed E-state index contributed by atoms with van der Waals surface area (Å²) in [4.78, 5) is 16.9. The summed E-state index contributed by atoms with van der Waals surface area (Å²) in [5, 5.41) is 3.43. The Morgan fingerprint density at radius 3 is 2.80 bits per heavy atom. The third kappa shape index (κ3) is 5.26. The number of nitrogens with zero attached hydrogens (tertiary/aromatic N) is 5. The van der Waals surface area contributed by atoms with Crippen LogP contribution in [-0.2, 0) is 0 Å². The largest absolute Gasteiger partial charge is 0.477 e. The van der Waals surface area contributed by atoms with Gasteiger partial charge < -0.3 is 25.6 Å². The van der Waals surface area contributed by atoms with Gasteiger partial charge in [0, 0.05) is 43.5 Å². The molecule has 0 amide bonds. The Hall–Kier alpha value is -3.17. The maximum absolute atomic E-state index is 15.6. The molecule has 2 aliphatic rings. The number of benzene rings is 1. The lowest BCUT2D eigenvalue weighted by Crippen LogP contribution is -2.50. The molecule has 3 heterocycles.